The quantitative estimate of drug-likeness (QED) is 0.117. The molecule has 4 aromatic rings. The van der Waals surface area contributed by atoms with Gasteiger partial charge in [0, 0.05) is 10.9 Å². The fourth-order valence-corrected chi connectivity index (χ4v) is 3.94. The molecule has 0 nitrogen and oxygen atoms in total. The molecule has 0 unspecified atom stereocenters. The zero-order chi connectivity index (χ0) is 24.1. The second kappa shape index (κ2) is 10.6. The molecule has 0 aliphatic carbocycles. The van der Waals surface area contributed by atoms with Gasteiger partial charge in [0.05, 0.1) is 5.56 Å². The molecule has 0 bridgehead atoms. The van der Waals surface area contributed by atoms with E-state index in [1.165, 1.54) is 55.5 Å². The minimum absolute atomic E-state index is 0.0352. The summed E-state index contributed by atoms with van der Waals surface area (Å²) in [5.41, 5.74) is 3.63. The Morgan fingerprint density at radius 1 is 0.647 bits per heavy atom. The Labute approximate surface area is 197 Å². The second-order valence-corrected chi connectivity index (χ2v) is 8.37. The maximum absolute atomic E-state index is 14.7. The van der Waals surface area contributed by atoms with Gasteiger partial charge in [0.2, 0.25) is 0 Å². The maximum Gasteiger partial charge on any atom is 0.195 e. The highest BCUT2D eigenvalue weighted by Crippen LogP contribution is 2.25. The Morgan fingerprint density at radius 2 is 1.41 bits per heavy atom. The number of aryl methyl sites for hydroxylation is 1. The highest BCUT2D eigenvalue weighted by molar-refractivity contribution is 5.84. The molecule has 0 amide bonds. The van der Waals surface area contributed by atoms with Crippen LogP contribution in [0.1, 0.15) is 49.3 Å². The summed E-state index contributed by atoms with van der Waals surface area (Å²) in [6.07, 6.45) is 5.93. The Morgan fingerprint density at radius 3 is 2.15 bits per heavy atom. The van der Waals surface area contributed by atoms with Crippen LogP contribution in [0.2, 0.25) is 0 Å². The van der Waals surface area contributed by atoms with Crippen molar-refractivity contribution in [3.8, 4) is 23.0 Å². The van der Waals surface area contributed by atoms with Crippen molar-refractivity contribution in [2.45, 2.75) is 39.0 Å². The molecule has 0 radical (unpaired) electrons. The van der Waals surface area contributed by atoms with Crippen LogP contribution in [0, 0.1) is 35.1 Å². The zero-order valence-electron chi connectivity index (χ0n) is 18.9. The highest BCUT2D eigenvalue weighted by atomic mass is 19.2. The number of benzene rings is 4. The summed E-state index contributed by atoms with van der Waals surface area (Å²) in [7, 11) is 0. The number of hydrogen-bond acceptors (Lipinski definition) is 0. The average molecular weight is 461 g/mol. The molecule has 0 spiro atoms. The van der Waals surface area contributed by atoms with Gasteiger partial charge in [-0.2, -0.15) is 0 Å². The topological polar surface area (TPSA) is 0 Å². The van der Waals surface area contributed by atoms with Crippen LogP contribution in [0.3, 0.4) is 0 Å². The van der Waals surface area contributed by atoms with Gasteiger partial charge in [-0.3, -0.25) is 0 Å². The third kappa shape index (κ3) is 5.31. The molecule has 34 heavy (non-hydrogen) atoms. The lowest BCUT2D eigenvalue weighted by Gasteiger charge is -2.06. The van der Waals surface area contributed by atoms with Gasteiger partial charge in [-0.25, -0.2) is 17.6 Å². The van der Waals surface area contributed by atoms with Crippen LogP contribution in [0.5, 0.6) is 0 Å². The minimum Gasteiger partial charge on any atom is -0.206 e. The summed E-state index contributed by atoms with van der Waals surface area (Å²) < 4.78 is 55.5. The molecule has 0 saturated heterocycles. The van der Waals surface area contributed by atoms with Crippen molar-refractivity contribution in [3.05, 3.63) is 107 Å². The van der Waals surface area contributed by atoms with Crippen LogP contribution < -0.4 is 0 Å². The molecule has 0 saturated carbocycles. The smallest absolute Gasteiger partial charge is 0.195 e. The zero-order valence-corrected chi connectivity index (χ0v) is 18.9. The SMILES string of the molecule is CCCCCCc1ccc(-c2ccc(C#Cc3ccc4c(F)c(F)c(F)cc4c3)c(F)c2)cc1. The van der Waals surface area contributed by atoms with Gasteiger partial charge in [-0.1, -0.05) is 74.4 Å². The van der Waals surface area contributed by atoms with Crippen LogP contribution in [0.4, 0.5) is 17.6 Å². The maximum atomic E-state index is 14.7. The van der Waals surface area contributed by atoms with E-state index in [9.17, 15) is 17.6 Å². The van der Waals surface area contributed by atoms with E-state index in [2.05, 4.69) is 30.9 Å². The molecule has 0 aliphatic rings. The molecule has 0 heterocycles. The van der Waals surface area contributed by atoms with Gasteiger partial charge in [0.25, 0.3) is 0 Å². The molecule has 0 atom stereocenters. The van der Waals surface area contributed by atoms with Gasteiger partial charge in [0.1, 0.15) is 5.82 Å². The number of unbranched alkanes of at least 4 members (excludes halogenated alkanes) is 3. The van der Waals surface area contributed by atoms with Crippen molar-refractivity contribution in [2.24, 2.45) is 0 Å². The van der Waals surface area contributed by atoms with Crippen LogP contribution in [-0.2, 0) is 6.42 Å². The summed E-state index contributed by atoms with van der Waals surface area (Å²) in [5.74, 6) is 1.13. The lowest BCUT2D eigenvalue weighted by molar-refractivity contribution is 0.453. The highest BCUT2D eigenvalue weighted by Gasteiger charge is 2.13. The summed E-state index contributed by atoms with van der Waals surface area (Å²) in [4.78, 5) is 0. The van der Waals surface area contributed by atoms with Crippen molar-refractivity contribution in [1.29, 1.82) is 0 Å². The molecule has 172 valence electrons. The first-order valence-corrected chi connectivity index (χ1v) is 11.4. The van der Waals surface area contributed by atoms with E-state index >= 15 is 0 Å². The third-order valence-electron chi connectivity index (χ3n) is 5.89. The molecule has 0 N–H and O–H groups in total. The number of hydrogen-bond donors (Lipinski definition) is 0. The van der Waals surface area contributed by atoms with Gasteiger partial charge < -0.3 is 0 Å². The predicted octanol–water partition coefficient (Wildman–Crippen LogP) is 8.59. The van der Waals surface area contributed by atoms with Gasteiger partial charge in [0.15, 0.2) is 17.5 Å². The molecule has 4 aromatic carbocycles. The van der Waals surface area contributed by atoms with Crippen molar-refractivity contribution < 1.29 is 17.6 Å². The molecular weight excluding hydrogens is 436 g/mol. The molecule has 4 rings (SSSR count). The normalized spacial score (nSPS) is 10.9. The fraction of sp³-hybridized carbons (Fsp3) is 0.200. The Hall–Kier alpha value is -3.58. The minimum atomic E-state index is -1.50. The van der Waals surface area contributed by atoms with Crippen LogP contribution in [0.15, 0.2) is 66.7 Å². The van der Waals surface area contributed by atoms with E-state index in [1.807, 2.05) is 18.2 Å². The molecule has 0 aromatic heterocycles. The summed E-state index contributed by atoms with van der Waals surface area (Å²) in [6.45, 7) is 2.20. The summed E-state index contributed by atoms with van der Waals surface area (Å²) in [5, 5.41) is 0.153. The van der Waals surface area contributed by atoms with Crippen LogP contribution in [0.25, 0.3) is 21.9 Å². The van der Waals surface area contributed by atoms with Crippen molar-refractivity contribution >= 4 is 10.8 Å². The van der Waals surface area contributed by atoms with Crippen LogP contribution >= 0.6 is 0 Å². The van der Waals surface area contributed by atoms with E-state index in [4.69, 9.17) is 0 Å². The Balaban J connectivity index is 1.51. The van der Waals surface area contributed by atoms with Crippen molar-refractivity contribution in [1.82, 2.24) is 0 Å². The van der Waals surface area contributed by atoms with Crippen molar-refractivity contribution in [2.75, 3.05) is 0 Å². The Kier molecular flexibility index (Phi) is 7.33. The lowest BCUT2D eigenvalue weighted by Crippen LogP contribution is -1.92. The first-order valence-electron chi connectivity index (χ1n) is 11.4. The van der Waals surface area contributed by atoms with Gasteiger partial charge in [-0.15, -0.1) is 0 Å². The van der Waals surface area contributed by atoms with E-state index in [0.29, 0.717) is 5.56 Å². The van der Waals surface area contributed by atoms with Crippen molar-refractivity contribution in [3.63, 3.8) is 0 Å². The van der Waals surface area contributed by atoms with Gasteiger partial charge >= 0.3 is 0 Å². The first-order chi connectivity index (χ1) is 16.5. The molecule has 4 heteroatoms. The van der Waals surface area contributed by atoms with E-state index < -0.39 is 23.3 Å². The second-order valence-electron chi connectivity index (χ2n) is 8.37. The molecular formula is C30H24F4. The number of halogens is 4. The largest absolute Gasteiger partial charge is 0.206 e. The average Bonchev–Trinajstić information content (AvgIpc) is 2.85. The summed E-state index contributed by atoms with van der Waals surface area (Å²) in [6, 6.07) is 18.3. The van der Waals surface area contributed by atoms with E-state index in [-0.39, 0.29) is 16.3 Å². The fourth-order valence-electron chi connectivity index (χ4n) is 3.94. The third-order valence-corrected chi connectivity index (χ3v) is 5.89. The number of rotatable bonds is 6. The molecule has 0 fully saturated rings. The van der Waals surface area contributed by atoms with E-state index in [0.717, 1.165) is 23.6 Å². The Bertz CT molecular complexity index is 1380. The standard InChI is InChI=1S/C30H24F4/c1-2-3-4-5-6-20-7-11-22(12-8-20)24-15-14-23(27(31)18-24)13-9-21-10-16-26-25(17-21)19-28(32)30(34)29(26)33/h7-8,10-12,14-19H,2-6H2,1H3. The summed E-state index contributed by atoms with van der Waals surface area (Å²) >= 11 is 0. The van der Waals surface area contributed by atoms with Gasteiger partial charge in [-0.05, 0) is 65.3 Å². The predicted molar refractivity (Wildman–Crippen MR) is 129 cm³/mol. The monoisotopic (exact) mass is 460 g/mol. The first kappa shape index (κ1) is 23.6. The molecule has 0 aliphatic heterocycles. The van der Waals surface area contributed by atoms with E-state index in [1.54, 1.807) is 6.07 Å². The lowest BCUT2D eigenvalue weighted by atomic mass is 10.00. The number of fused-ring (bicyclic) bond motifs is 1. The van der Waals surface area contributed by atoms with Crippen LogP contribution in [-0.4, -0.2) is 0 Å².